The standard InChI is InChI=1S/C16H11N3OS2/c1-9-3-2-4-10(7-9)15(20)19-16-18-12-6-5-11-13(14(12)22-16)21-8-17-11/h2-8H,1H3,(H,18,19,20). The summed E-state index contributed by atoms with van der Waals surface area (Å²) >= 11 is 3.08. The number of aryl methyl sites for hydroxylation is 1. The molecule has 0 radical (unpaired) electrons. The first-order valence-electron chi connectivity index (χ1n) is 6.71. The lowest BCUT2D eigenvalue weighted by Crippen LogP contribution is -2.11. The number of rotatable bonds is 2. The average molecular weight is 325 g/mol. The van der Waals surface area contributed by atoms with E-state index in [0.717, 1.165) is 26.0 Å². The zero-order valence-corrected chi connectivity index (χ0v) is 13.3. The van der Waals surface area contributed by atoms with E-state index in [1.54, 1.807) is 17.4 Å². The predicted octanol–water partition coefficient (Wildman–Crippen LogP) is 4.47. The molecule has 0 aliphatic heterocycles. The smallest absolute Gasteiger partial charge is 0.257 e. The van der Waals surface area contributed by atoms with Crippen LogP contribution < -0.4 is 5.32 Å². The van der Waals surface area contributed by atoms with Crippen molar-refractivity contribution in [2.24, 2.45) is 0 Å². The summed E-state index contributed by atoms with van der Waals surface area (Å²) in [5.41, 5.74) is 5.39. The number of hydrogen-bond donors (Lipinski definition) is 1. The minimum absolute atomic E-state index is 0.136. The Morgan fingerprint density at radius 1 is 1.14 bits per heavy atom. The summed E-state index contributed by atoms with van der Waals surface area (Å²) in [7, 11) is 0. The SMILES string of the molecule is Cc1cccc(C(=O)Nc2nc3ccc4ncsc4c3s2)c1. The fourth-order valence-electron chi connectivity index (χ4n) is 2.32. The van der Waals surface area contributed by atoms with Crippen LogP contribution in [0.4, 0.5) is 5.13 Å². The molecule has 1 N–H and O–H groups in total. The molecule has 4 nitrogen and oxygen atoms in total. The van der Waals surface area contributed by atoms with E-state index in [9.17, 15) is 4.79 Å². The van der Waals surface area contributed by atoms with Crippen LogP contribution in [-0.4, -0.2) is 15.9 Å². The number of carbonyl (C=O) groups excluding carboxylic acids is 1. The molecule has 2 heterocycles. The first-order valence-corrected chi connectivity index (χ1v) is 8.41. The van der Waals surface area contributed by atoms with Gasteiger partial charge in [0.2, 0.25) is 0 Å². The van der Waals surface area contributed by atoms with Gasteiger partial charge >= 0.3 is 0 Å². The van der Waals surface area contributed by atoms with E-state index in [1.165, 1.54) is 11.3 Å². The molecule has 0 saturated carbocycles. The second kappa shape index (κ2) is 5.15. The molecule has 1 amide bonds. The van der Waals surface area contributed by atoms with Crippen molar-refractivity contribution in [2.75, 3.05) is 5.32 Å². The lowest BCUT2D eigenvalue weighted by atomic mass is 10.1. The third kappa shape index (κ3) is 2.26. The summed E-state index contributed by atoms with van der Waals surface area (Å²) < 4.78 is 2.19. The molecule has 0 aliphatic carbocycles. The zero-order chi connectivity index (χ0) is 15.1. The van der Waals surface area contributed by atoms with Crippen LogP contribution >= 0.6 is 22.7 Å². The van der Waals surface area contributed by atoms with Crippen LogP contribution in [0.3, 0.4) is 0 Å². The van der Waals surface area contributed by atoms with Crippen molar-refractivity contribution in [1.29, 1.82) is 0 Å². The Balaban J connectivity index is 1.71. The summed E-state index contributed by atoms with van der Waals surface area (Å²) in [4.78, 5) is 21.1. The number of thiazole rings is 2. The number of fused-ring (bicyclic) bond motifs is 3. The largest absolute Gasteiger partial charge is 0.298 e. The number of amides is 1. The van der Waals surface area contributed by atoms with Crippen molar-refractivity contribution in [1.82, 2.24) is 9.97 Å². The molecule has 0 aliphatic rings. The highest BCUT2D eigenvalue weighted by Crippen LogP contribution is 2.34. The van der Waals surface area contributed by atoms with Gasteiger partial charge in [0.1, 0.15) is 0 Å². The van der Waals surface area contributed by atoms with Crippen LogP contribution in [-0.2, 0) is 0 Å². The lowest BCUT2D eigenvalue weighted by molar-refractivity contribution is 0.102. The van der Waals surface area contributed by atoms with Crippen LogP contribution in [0.25, 0.3) is 20.4 Å². The molecule has 2 aromatic carbocycles. The summed E-state index contributed by atoms with van der Waals surface area (Å²) in [6.07, 6.45) is 0. The van der Waals surface area contributed by atoms with Crippen molar-refractivity contribution >= 4 is 54.1 Å². The van der Waals surface area contributed by atoms with Crippen LogP contribution in [0.2, 0.25) is 0 Å². The second-order valence-electron chi connectivity index (χ2n) is 4.96. The number of hydrogen-bond acceptors (Lipinski definition) is 5. The van der Waals surface area contributed by atoms with E-state index in [-0.39, 0.29) is 5.91 Å². The first kappa shape index (κ1) is 13.4. The Hall–Kier alpha value is -2.31. The lowest BCUT2D eigenvalue weighted by Gasteiger charge is -2.02. The van der Waals surface area contributed by atoms with E-state index in [2.05, 4.69) is 15.3 Å². The molecule has 0 bridgehead atoms. The maximum atomic E-state index is 12.3. The molecule has 0 atom stereocenters. The zero-order valence-electron chi connectivity index (χ0n) is 11.7. The van der Waals surface area contributed by atoms with Crippen LogP contribution in [0.5, 0.6) is 0 Å². The molecule has 6 heteroatoms. The van der Waals surface area contributed by atoms with Gasteiger partial charge in [0.25, 0.3) is 5.91 Å². The Labute approximate surface area is 134 Å². The van der Waals surface area contributed by atoms with Gasteiger partial charge < -0.3 is 0 Å². The maximum absolute atomic E-state index is 12.3. The Bertz CT molecular complexity index is 1000. The van der Waals surface area contributed by atoms with Gasteiger partial charge in [-0.1, -0.05) is 29.0 Å². The number of nitrogens with zero attached hydrogens (tertiary/aromatic N) is 2. The Morgan fingerprint density at radius 3 is 2.86 bits per heavy atom. The summed E-state index contributed by atoms with van der Waals surface area (Å²) in [5.74, 6) is -0.136. The number of benzene rings is 2. The molecular weight excluding hydrogens is 314 g/mol. The van der Waals surface area contributed by atoms with Gasteiger partial charge in [-0.3, -0.25) is 10.1 Å². The fourth-order valence-corrected chi connectivity index (χ4v) is 4.21. The minimum atomic E-state index is -0.136. The van der Waals surface area contributed by atoms with E-state index >= 15 is 0 Å². The van der Waals surface area contributed by atoms with E-state index in [1.807, 2.05) is 42.8 Å². The predicted molar refractivity (Wildman–Crippen MR) is 91.9 cm³/mol. The van der Waals surface area contributed by atoms with Gasteiger partial charge in [-0.25, -0.2) is 9.97 Å². The molecule has 108 valence electrons. The topological polar surface area (TPSA) is 54.9 Å². The minimum Gasteiger partial charge on any atom is -0.298 e. The highest BCUT2D eigenvalue weighted by Gasteiger charge is 2.12. The number of nitrogens with one attached hydrogen (secondary N) is 1. The van der Waals surface area contributed by atoms with E-state index in [4.69, 9.17) is 0 Å². The third-order valence-electron chi connectivity index (χ3n) is 3.35. The molecule has 4 rings (SSSR count). The van der Waals surface area contributed by atoms with Crippen molar-refractivity contribution in [2.45, 2.75) is 6.92 Å². The second-order valence-corrected chi connectivity index (χ2v) is 6.81. The Morgan fingerprint density at radius 2 is 2.00 bits per heavy atom. The first-order chi connectivity index (χ1) is 10.7. The quantitative estimate of drug-likeness (QED) is 0.592. The molecule has 0 spiro atoms. The van der Waals surface area contributed by atoms with Gasteiger partial charge in [0.15, 0.2) is 5.13 Å². The molecular formula is C16H11N3OS2. The summed E-state index contributed by atoms with van der Waals surface area (Å²) in [6, 6.07) is 11.4. The van der Waals surface area contributed by atoms with Gasteiger partial charge in [-0.15, -0.1) is 11.3 Å². The molecule has 22 heavy (non-hydrogen) atoms. The van der Waals surface area contributed by atoms with Gasteiger partial charge in [0.05, 0.1) is 25.9 Å². The number of carbonyl (C=O) groups is 1. The molecule has 0 saturated heterocycles. The maximum Gasteiger partial charge on any atom is 0.257 e. The van der Waals surface area contributed by atoms with Crippen molar-refractivity contribution < 1.29 is 4.79 Å². The monoisotopic (exact) mass is 325 g/mol. The average Bonchev–Trinajstić information content (AvgIpc) is 3.11. The molecule has 4 aromatic rings. The number of anilines is 1. The van der Waals surface area contributed by atoms with E-state index in [0.29, 0.717) is 10.7 Å². The fraction of sp³-hybridized carbons (Fsp3) is 0.0625. The van der Waals surface area contributed by atoms with Crippen LogP contribution in [0, 0.1) is 6.92 Å². The van der Waals surface area contributed by atoms with Crippen molar-refractivity contribution in [3.05, 3.63) is 53.0 Å². The van der Waals surface area contributed by atoms with Crippen LogP contribution in [0.1, 0.15) is 15.9 Å². The molecule has 0 unspecified atom stereocenters. The molecule has 2 aromatic heterocycles. The highest BCUT2D eigenvalue weighted by molar-refractivity contribution is 7.28. The summed E-state index contributed by atoms with van der Waals surface area (Å²) in [6.45, 7) is 1.97. The van der Waals surface area contributed by atoms with Gasteiger partial charge in [-0.2, -0.15) is 0 Å². The highest BCUT2D eigenvalue weighted by atomic mass is 32.1. The number of aromatic nitrogens is 2. The third-order valence-corrected chi connectivity index (χ3v) is 5.35. The van der Waals surface area contributed by atoms with Crippen molar-refractivity contribution in [3.63, 3.8) is 0 Å². The van der Waals surface area contributed by atoms with Crippen LogP contribution in [0.15, 0.2) is 41.9 Å². The van der Waals surface area contributed by atoms with Gasteiger partial charge in [-0.05, 0) is 31.2 Å². The Kier molecular flexibility index (Phi) is 3.13. The summed E-state index contributed by atoms with van der Waals surface area (Å²) in [5, 5.41) is 3.50. The normalized spacial score (nSPS) is 11.1. The van der Waals surface area contributed by atoms with Crippen molar-refractivity contribution in [3.8, 4) is 0 Å². The van der Waals surface area contributed by atoms with E-state index < -0.39 is 0 Å². The molecule has 0 fully saturated rings. The van der Waals surface area contributed by atoms with Gasteiger partial charge in [0, 0.05) is 5.56 Å².